The zero-order valence-corrected chi connectivity index (χ0v) is 12.3. The van der Waals surface area contributed by atoms with Gasteiger partial charge in [-0.1, -0.05) is 17.7 Å². The van der Waals surface area contributed by atoms with Crippen LogP contribution in [0.25, 0.3) is 0 Å². The van der Waals surface area contributed by atoms with E-state index in [4.69, 9.17) is 0 Å². The van der Waals surface area contributed by atoms with E-state index < -0.39 is 10.0 Å². The molecule has 1 N–H and O–H groups in total. The number of aromatic nitrogens is 2. The lowest BCUT2D eigenvalue weighted by Crippen LogP contribution is -2.18. The first-order chi connectivity index (χ1) is 9.40. The maximum Gasteiger partial charge on any atom is 0.276 e. The summed E-state index contributed by atoms with van der Waals surface area (Å²) in [5.74, 6) is 0. The fraction of sp³-hybridized carbons (Fsp3) is 0.231. The van der Waals surface area contributed by atoms with Gasteiger partial charge in [-0.15, -0.1) is 0 Å². The van der Waals surface area contributed by atoms with Gasteiger partial charge in [0, 0.05) is 18.3 Å². The lowest BCUT2D eigenvalue weighted by atomic mass is 10.2. The van der Waals surface area contributed by atoms with Crippen LogP contribution in [0.3, 0.4) is 0 Å². The molecule has 0 aliphatic carbocycles. The summed E-state index contributed by atoms with van der Waals surface area (Å²) in [7, 11) is -1.82. The van der Waals surface area contributed by atoms with Crippen LogP contribution < -0.4 is 4.83 Å². The zero-order valence-electron chi connectivity index (χ0n) is 11.5. The number of benzene rings is 1. The van der Waals surface area contributed by atoms with Crippen LogP contribution in [-0.2, 0) is 17.1 Å². The second-order valence-electron chi connectivity index (χ2n) is 4.47. The lowest BCUT2D eigenvalue weighted by molar-refractivity contribution is 0.584. The van der Waals surface area contributed by atoms with E-state index in [1.54, 1.807) is 35.1 Å². The number of nitrogens with one attached hydrogen (secondary N) is 1. The molecule has 1 heterocycles. The average Bonchev–Trinajstić information content (AvgIpc) is 2.71. The van der Waals surface area contributed by atoms with Crippen LogP contribution in [0, 0.1) is 13.8 Å². The van der Waals surface area contributed by atoms with Crippen molar-refractivity contribution >= 4 is 16.2 Å². The molecule has 20 heavy (non-hydrogen) atoms. The minimum Gasteiger partial charge on any atom is -0.272 e. The Kier molecular flexibility index (Phi) is 3.89. The van der Waals surface area contributed by atoms with Gasteiger partial charge in [0.05, 0.1) is 17.3 Å². The highest BCUT2D eigenvalue weighted by molar-refractivity contribution is 7.89. The summed E-state index contributed by atoms with van der Waals surface area (Å²) in [5, 5.41) is 7.82. The normalized spacial score (nSPS) is 11.9. The summed E-state index contributed by atoms with van der Waals surface area (Å²) in [6.45, 7) is 3.77. The summed E-state index contributed by atoms with van der Waals surface area (Å²) in [6.07, 6.45) is 3.06. The van der Waals surface area contributed by atoms with Gasteiger partial charge in [0.2, 0.25) is 0 Å². The molecule has 0 aliphatic heterocycles. The molecule has 0 saturated carbocycles. The van der Waals surface area contributed by atoms with Crippen molar-refractivity contribution in [2.75, 3.05) is 0 Å². The Morgan fingerprint density at radius 2 is 1.90 bits per heavy atom. The van der Waals surface area contributed by atoms with Crippen molar-refractivity contribution in [1.29, 1.82) is 0 Å². The number of rotatable bonds is 4. The molecule has 0 saturated heterocycles. The first-order valence-electron chi connectivity index (χ1n) is 6.00. The highest BCUT2D eigenvalue weighted by atomic mass is 32.2. The van der Waals surface area contributed by atoms with Crippen LogP contribution in [0.1, 0.15) is 16.8 Å². The van der Waals surface area contributed by atoms with Crippen molar-refractivity contribution < 1.29 is 8.42 Å². The van der Waals surface area contributed by atoms with E-state index in [9.17, 15) is 8.42 Å². The molecular formula is C13H16N4O2S. The predicted octanol–water partition coefficient (Wildman–Crippen LogP) is 1.35. The molecule has 0 atom stereocenters. The Labute approximate surface area is 118 Å². The van der Waals surface area contributed by atoms with Crippen molar-refractivity contribution in [1.82, 2.24) is 14.6 Å². The molecule has 0 aliphatic rings. The summed E-state index contributed by atoms with van der Waals surface area (Å²) in [4.78, 5) is 2.37. The Morgan fingerprint density at radius 1 is 1.25 bits per heavy atom. The van der Waals surface area contributed by atoms with E-state index in [1.807, 2.05) is 20.9 Å². The largest absolute Gasteiger partial charge is 0.276 e. The van der Waals surface area contributed by atoms with Crippen LogP contribution in [0.4, 0.5) is 0 Å². The van der Waals surface area contributed by atoms with Crippen molar-refractivity contribution in [3.8, 4) is 0 Å². The molecule has 106 valence electrons. The topological polar surface area (TPSA) is 76.3 Å². The molecule has 0 spiro atoms. The van der Waals surface area contributed by atoms with Gasteiger partial charge in [-0.3, -0.25) is 4.68 Å². The van der Waals surface area contributed by atoms with Gasteiger partial charge >= 0.3 is 0 Å². The van der Waals surface area contributed by atoms with E-state index in [0.717, 1.165) is 16.8 Å². The minimum absolute atomic E-state index is 0.183. The molecule has 2 rings (SSSR count). The molecule has 0 radical (unpaired) electrons. The summed E-state index contributed by atoms with van der Waals surface area (Å²) in [6, 6.07) is 6.57. The third-order valence-electron chi connectivity index (χ3n) is 2.98. The lowest BCUT2D eigenvalue weighted by Gasteiger charge is -2.03. The van der Waals surface area contributed by atoms with Crippen molar-refractivity contribution in [2.45, 2.75) is 18.7 Å². The van der Waals surface area contributed by atoms with Crippen LogP contribution in [0.15, 0.2) is 40.5 Å². The fourth-order valence-corrected chi connectivity index (χ4v) is 2.37. The van der Waals surface area contributed by atoms with Crippen LogP contribution in [0.5, 0.6) is 0 Å². The molecule has 0 fully saturated rings. The van der Waals surface area contributed by atoms with Gasteiger partial charge in [0.25, 0.3) is 10.0 Å². The van der Waals surface area contributed by atoms with E-state index in [0.29, 0.717) is 0 Å². The molecule has 0 unspecified atom stereocenters. The maximum absolute atomic E-state index is 12.0. The van der Waals surface area contributed by atoms with E-state index in [2.05, 4.69) is 15.0 Å². The highest BCUT2D eigenvalue weighted by Gasteiger charge is 2.11. The molecule has 7 heteroatoms. The molecule has 0 bridgehead atoms. The standard InChI is InChI=1S/C13H16N4O2S/c1-10-4-6-13(7-5-10)20(18,19)16-14-8-12-9-15-17(3)11(12)2/h4-9,16H,1-3H3. The smallest absolute Gasteiger partial charge is 0.272 e. The quantitative estimate of drug-likeness (QED) is 0.682. The van der Waals surface area contributed by atoms with Gasteiger partial charge < -0.3 is 0 Å². The van der Waals surface area contributed by atoms with Gasteiger partial charge in [0.15, 0.2) is 0 Å². The third-order valence-corrected chi connectivity index (χ3v) is 4.22. The Hall–Kier alpha value is -2.15. The van der Waals surface area contributed by atoms with Gasteiger partial charge in [-0.25, -0.2) is 4.83 Å². The second-order valence-corrected chi connectivity index (χ2v) is 6.14. The Bertz CT molecular complexity index is 730. The van der Waals surface area contributed by atoms with Gasteiger partial charge in [-0.05, 0) is 26.0 Å². The molecule has 6 nitrogen and oxygen atoms in total. The molecule has 2 aromatic rings. The summed E-state index contributed by atoms with van der Waals surface area (Å²) in [5.41, 5.74) is 2.67. The average molecular weight is 292 g/mol. The first-order valence-corrected chi connectivity index (χ1v) is 7.48. The van der Waals surface area contributed by atoms with Gasteiger partial charge in [-0.2, -0.15) is 18.6 Å². The van der Waals surface area contributed by atoms with Crippen molar-refractivity contribution in [2.24, 2.45) is 12.1 Å². The SMILES string of the molecule is Cc1ccc(S(=O)(=O)NN=Cc2cnn(C)c2C)cc1. The predicted molar refractivity (Wildman–Crippen MR) is 77.0 cm³/mol. The summed E-state index contributed by atoms with van der Waals surface area (Å²) >= 11 is 0. The molecule has 1 aromatic heterocycles. The number of hydrogen-bond acceptors (Lipinski definition) is 4. The number of nitrogens with zero attached hydrogens (tertiary/aromatic N) is 3. The van der Waals surface area contributed by atoms with E-state index >= 15 is 0 Å². The number of hydrogen-bond donors (Lipinski definition) is 1. The molecular weight excluding hydrogens is 276 g/mol. The summed E-state index contributed by atoms with van der Waals surface area (Å²) < 4.78 is 25.6. The second kappa shape index (κ2) is 5.46. The van der Waals surface area contributed by atoms with Gasteiger partial charge in [0.1, 0.15) is 0 Å². The van der Waals surface area contributed by atoms with Crippen molar-refractivity contribution in [3.63, 3.8) is 0 Å². The van der Waals surface area contributed by atoms with Crippen LogP contribution in [0.2, 0.25) is 0 Å². The Morgan fingerprint density at radius 3 is 2.45 bits per heavy atom. The fourth-order valence-electron chi connectivity index (χ4n) is 1.58. The highest BCUT2D eigenvalue weighted by Crippen LogP contribution is 2.09. The first kappa shape index (κ1) is 14.3. The maximum atomic E-state index is 12.0. The van der Waals surface area contributed by atoms with Crippen molar-refractivity contribution in [3.05, 3.63) is 47.3 Å². The molecule has 1 aromatic carbocycles. The number of aryl methyl sites for hydroxylation is 2. The monoisotopic (exact) mass is 292 g/mol. The van der Waals surface area contributed by atoms with E-state index in [1.165, 1.54) is 6.21 Å². The minimum atomic E-state index is -3.63. The van der Waals surface area contributed by atoms with Crippen LogP contribution >= 0.6 is 0 Å². The third kappa shape index (κ3) is 3.05. The van der Waals surface area contributed by atoms with Crippen LogP contribution in [-0.4, -0.2) is 24.4 Å². The van der Waals surface area contributed by atoms with E-state index in [-0.39, 0.29) is 4.90 Å². The zero-order chi connectivity index (χ0) is 14.8. The molecule has 0 amide bonds. The number of sulfonamides is 1. The number of hydrazone groups is 1. The Balaban J connectivity index is 2.13.